The molecule has 1 aromatic carbocycles. The molecule has 0 heterocycles. The minimum atomic E-state index is -1.01. The molecule has 110 valence electrons. The van der Waals surface area contributed by atoms with Gasteiger partial charge in [-0.3, -0.25) is 9.59 Å². The molecular weight excluding hydrogens is 303 g/mol. The first-order chi connectivity index (χ1) is 9.47. The van der Waals surface area contributed by atoms with Crippen molar-refractivity contribution in [3.63, 3.8) is 0 Å². The fraction of sp³-hybridized carbons (Fsp3) is 0.429. The lowest BCUT2D eigenvalue weighted by atomic mass is 9.99. The highest BCUT2D eigenvalue weighted by Gasteiger charge is 2.29. The van der Waals surface area contributed by atoms with Gasteiger partial charge in [-0.1, -0.05) is 23.2 Å². The number of halogens is 2. The molecule has 0 radical (unpaired) electrons. The summed E-state index contributed by atoms with van der Waals surface area (Å²) in [5.41, 5.74) is 0.675. The van der Waals surface area contributed by atoms with Gasteiger partial charge in [0.05, 0.1) is 13.2 Å². The maximum Gasteiger partial charge on any atom is 0.320 e. The lowest BCUT2D eigenvalue weighted by molar-refractivity contribution is -0.161. The van der Waals surface area contributed by atoms with Gasteiger partial charge in [-0.15, -0.1) is 0 Å². The Hall–Kier alpha value is -1.26. The average molecular weight is 319 g/mol. The Bertz CT molecular complexity index is 450. The maximum atomic E-state index is 11.8. The minimum Gasteiger partial charge on any atom is -0.465 e. The van der Waals surface area contributed by atoms with Crippen molar-refractivity contribution < 1.29 is 19.1 Å². The van der Waals surface area contributed by atoms with Gasteiger partial charge in [0.25, 0.3) is 0 Å². The Morgan fingerprint density at radius 2 is 1.45 bits per heavy atom. The smallest absolute Gasteiger partial charge is 0.320 e. The molecule has 0 aliphatic rings. The van der Waals surface area contributed by atoms with Crippen molar-refractivity contribution in [3.8, 4) is 0 Å². The lowest BCUT2D eigenvalue weighted by Gasteiger charge is -2.14. The monoisotopic (exact) mass is 318 g/mol. The third-order valence-electron chi connectivity index (χ3n) is 2.50. The first-order valence-electron chi connectivity index (χ1n) is 6.26. The summed E-state index contributed by atoms with van der Waals surface area (Å²) in [7, 11) is 0. The van der Waals surface area contributed by atoms with Crippen LogP contribution in [-0.2, 0) is 25.5 Å². The molecule has 0 aliphatic carbocycles. The number of benzene rings is 1. The van der Waals surface area contributed by atoms with E-state index in [9.17, 15) is 9.59 Å². The second-order valence-corrected chi connectivity index (χ2v) is 4.91. The van der Waals surface area contributed by atoms with E-state index < -0.39 is 17.9 Å². The Balaban J connectivity index is 2.93. The molecular formula is C14H16Cl2O4. The standard InChI is InChI=1S/C14H16Cl2O4/c1-3-19-13(17)12(14(18)20-4-2)7-9-5-10(15)8-11(16)6-9/h5-6,8,12H,3-4,7H2,1-2H3. The molecule has 0 aliphatic heterocycles. The van der Waals surface area contributed by atoms with E-state index in [0.29, 0.717) is 15.6 Å². The topological polar surface area (TPSA) is 52.6 Å². The van der Waals surface area contributed by atoms with Gasteiger partial charge in [0, 0.05) is 10.0 Å². The van der Waals surface area contributed by atoms with Crippen molar-refractivity contribution in [1.29, 1.82) is 0 Å². The van der Waals surface area contributed by atoms with E-state index in [2.05, 4.69) is 0 Å². The molecule has 0 atom stereocenters. The average Bonchev–Trinajstić information content (AvgIpc) is 2.35. The molecule has 0 bridgehead atoms. The van der Waals surface area contributed by atoms with E-state index >= 15 is 0 Å². The highest BCUT2D eigenvalue weighted by Crippen LogP contribution is 2.22. The van der Waals surface area contributed by atoms with Crippen LogP contribution in [0.3, 0.4) is 0 Å². The van der Waals surface area contributed by atoms with Crippen molar-refractivity contribution >= 4 is 35.1 Å². The SMILES string of the molecule is CCOC(=O)C(Cc1cc(Cl)cc(Cl)c1)C(=O)OCC. The molecule has 0 aromatic heterocycles. The zero-order valence-electron chi connectivity index (χ0n) is 11.3. The van der Waals surface area contributed by atoms with Crippen LogP contribution in [0.5, 0.6) is 0 Å². The molecule has 6 heteroatoms. The van der Waals surface area contributed by atoms with Crippen LogP contribution in [0, 0.1) is 5.92 Å². The number of carbonyl (C=O) groups is 2. The summed E-state index contributed by atoms with van der Waals surface area (Å²) in [6.07, 6.45) is 0.137. The van der Waals surface area contributed by atoms with Crippen LogP contribution in [0.15, 0.2) is 18.2 Å². The van der Waals surface area contributed by atoms with Crippen LogP contribution >= 0.6 is 23.2 Å². The van der Waals surface area contributed by atoms with E-state index in [0.717, 1.165) is 0 Å². The molecule has 1 rings (SSSR count). The van der Waals surface area contributed by atoms with Crippen molar-refractivity contribution in [2.24, 2.45) is 5.92 Å². The van der Waals surface area contributed by atoms with Crippen molar-refractivity contribution in [2.45, 2.75) is 20.3 Å². The number of esters is 2. The Kier molecular flexibility index (Phi) is 6.82. The summed E-state index contributed by atoms with van der Waals surface area (Å²) < 4.78 is 9.80. The van der Waals surface area contributed by atoms with Crippen molar-refractivity contribution in [2.75, 3.05) is 13.2 Å². The van der Waals surface area contributed by atoms with Crippen molar-refractivity contribution in [1.82, 2.24) is 0 Å². The molecule has 0 fully saturated rings. The summed E-state index contributed by atoms with van der Waals surface area (Å²) in [5, 5.41) is 0.887. The second-order valence-electron chi connectivity index (χ2n) is 4.04. The number of ether oxygens (including phenoxy) is 2. The van der Waals surface area contributed by atoms with Gasteiger partial charge in [-0.2, -0.15) is 0 Å². The highest BCUT2D eigenvalue weighted by atomic mass is 35.5. The molecule has 0 spiro atoms. The minimum absolute atomic E-state index is 0.137. The highest BCUT2D eigenvalue weighted by molar-refractivity contribution is 6.34. The molecule has 1 aromatic rings. The van der Waals surface area contributed by atoms with Gasteiger partial charge in [0.15, 0.2) is 5.92 Å². The number of hydrogen-bond acceptors (Lipinski definition) is 4. The second kappa shape index (κ2) is 8.12. The summed E-state index contributed by atoms with van der Waals surface area (Å²) in [6.45, 7) is 3.75. The Morgan fingerprint density at radius 3 is 1.85 bits per heavy atom. The third-order valence-corrected chi connectivity index (χ3v) is 2.94. The number of hydrogen-bond donors (Lipinski definition) is 0. The van der Waals surface area contributed by atoms with Crippen LogP contribution in [0.4, 0.5) is 0 Å². The first-order valence-corrected chi connectivity index (χ1v) is 7.01. The predicted molar refractivity (Wildman–Crippen MR) is 76.9 cm³/mol. The maximum absolute atomic E-state index is 11.8. The zero-order valence-corrected chi connectivity index (χ0v) is 12.8. The Labute approximate surface area is 128 Å². The molecule has 0 N–H and O–H groups in total. The van der Waals surface area contributed by atoms with Gasteiger partial charge in [0.1, 0.15) is 0 Å². The van der Waals surface area contributed by atoms with Gasteiger partial charge in [-0.05, 0) is 44.0 Å². The fourth-order valence-electron chi connectivity index (χ4n) is 1.71. The zero-order chi connectivity index (χ0) is 15.1. The van der Waals surface area contributed by atoms with E-state index in [1.807, 2.05) is 0 Å². The normalized spacial score (nSPS) is 10.4. The quantitative estimate of drug-likeness (QED) is 0.596. The third kappa shape index (κ3) is 5.02. The van der Waals surface area contributed by atoms with Crippen LogP contribution in [0.1, 0.15) is 19.4 Å². The summed E-state index contributed by atoms with van der Waals surface area (Å²) >= 11 is 11.8. The molecule has 0 unspecified atom stereocenters. The molecule has 20 heavy (non-hydrogen) atoms. The number of rotatable bonds is 6. The van der Waals surface area contributed by atoms with Crippen LogP contribution in [0.25, 0.3) is 0 Å². The Morgan fingerprint density at radius 1 is 1.00 bits per heavy atom. The number of carbonyl (C=O) groups excluding carboxylic acids is 2. The van der Waals surface area contributed by atoms with Gasteiger partial charge in [0.2, 0.25) is 0 Å². The molecule has 4 nitrogen and oxygen atoms in total. The lowest BCUT2D eigenvalue weighted by Crippen LogP contribution is -2.30. The molecule has 0 saturated carbocycles. The van der Waals surface area contributed by atoms with Gasteiger partial charge >= 0.3 is 11.9 Å². The van der Waals surface area contributed by atoms with E-state index in [-0.39, 0.29) is 19.6 Å². The van der Waals surface area contributed by atoms with E-state index in [4.69, 9.17) is 32.7 Å². The largest absolute Gasteiger partial charge is 0.465 e. The van der Waals surface area contributed by atoms with Crippen molar-refractivity contribution in [3.05, 3.63) is 33.8 Å². The van der Waals surface area contributed by atoms with Gasteiger partial charge < -0.3 is 9.47 Å². The molecule has 0 saturated heterocycles. The predicted octanol–water partition coefficient (Wildman–Crippen LogP) is 3.28. The van der Waals surface area contributed by atoms with Crippen LogP contribution in [0.2, 0.25) is 10.0 Å². The summed E-state index contributed by atoms with van der Waals surface area (Å²) in [5.74, 6) is -2.23. The van der Waals surface area contributed by atoms with Crippen LogP contribution < -0.4 is 0 Å². The van der Waals surface area contributed by atoms with Gasteiger partial charge in [-0.25, -0.2) is 0 Å². The fourth-order valence-corrected chi connectivity index (χ4v) is 2.28. The first kappa shape index (κ1) is 16.8. The summed E-state index contributed by atoms with van der Waals surface area (Å²) in [6, 6.07) is 4.88. The molecule has 0 amide bonds. The van der Waals surface area contributed by atoms with Crippen LogP contribution in [-0.4, -0.2) is 25.2 Å². The van der Waals surface area contributed by atoms with E-state index in [1.54, 1.807) is 32.0 Å². The summed E-state index contributed by atoms with van der Waals surface area (Å²) in [4.78, 5) is 23.7. The van der Waals surface area contributed by atoms with E-state index in [1.165, 1.54) is 0 Å².